The number of halogens is 1. The van der Waals surface area contributed by atoms with Gasteiger partial charge in [0.25, 0.3) is 0 Å². The van der Waals surface area contributed by atoms with Gasteiger partial charge >= 0.3 is 0 Å². The van der Waals surface area contributed by atoms with Crippen LogP contribution in [-0.2, 0) is 0 Å². The van der Waals surface area contributed by atoms with Crippen molar-refractivity contribution in [2.45, 2.75) is 0 Å². The van der Waals surface area contributed by atoms with Gasteiger partial charge in [0.1, 0.15) is 9.55 Å². The van der Waals surface area contributed by atoms with Crippen LogP contribution in [0.2, 0.25) is 0 Å². The number of hydrogen-bond acceptors (Lipinski definition) is 6. The lowest BCUT2D eigenvalue weighted by Crippen LogP contribution is -1.25. The fourth-order valence-electron chi connectivity index (χ4n) is 0. The van der Waals surface area contributed by atoms with Gasteiger partial charge in [-0.25, -0.2) is 0 Å². The maximum atomic E-state index is 8.11. The lowest BCUT2D eigenvalue weighted by Gasteiger charge is -1.32. The van der Waals surface area contributed by atoms with Crippen molar-refractivity contribution in [1.29, 1.82) is 0 Å². The van der Waals surface area contributed by atoms with Gasteiger partial charge < -0.3 is 15.6 Å². The average molecular weight is 208 g/mol. The molecule has 0 saturated carbocycles. The maximum absolute atomic E-state index is 8.11. The smallest absolute Gasteiger partial charge is 0.152 e. The van der Waals surface area contributed by atoms with E-state index in [1.54, 1.807) is 0 Å². The van der Waals surface area contributed by atoms with Gasteiger partial charge in [-0.1, -0.05) is 0 Å². The van der Waals surface area contributed by atoms with Crippen molar-refractivity contribution in [2.75, 3.05) is 0 Å². The molecular weight excluding hydrogens is 202 g/mol. The Morgan fingerprint density at radius 1 is 0.818 bits per heavy atom. The summed E-state index contributed by atoms with van der Waals surface area (Å²) in [5.41, 5.74) is 0. The van der Waals surface area contributed by atoms with Crippen LogP contribution in [0.15, 0.2) is 16.0 Å². The molecule has 0 spiro atoms. The van der Waals surface area contributed by atoms with E-state index in [2.05, 4.69) is 0 Å². The standard InChI is InChI=1S/ClH3Si.3HNO2/c1-2;3*2-1-3/h2H3;3*(H,2,3). The molecule has 0 amide bonds. The van der Waals surface area contributed by atoms with Crippen LogP contribution < -0.4 is 0 Å². The topological polar surface area (TPSA) is 149 Å². The first kappa shape index (κ1) is 22.6. The highest BCUT2D eigenvalue weighted by Crippen LogP contribution is 1.29. The summed E-state index contributed by atoms with van der Waals surface area (Å²) in [6.07, 6.45) is 0. The van der Waals surface area contributed by atoms with E-state index in [-0.39, 0.29) is 0 Å². The fraction of sp³-hybridized carbons (Fsp3) is 0. The van der Waals surface area contributed by atoms with Gasteiger partial charge in [-0.05, 0) is 0 Å². The van der Waals surface area contributed by atoms with E-state index in [1.165, 1.54) is 16.0 Å². The van der Waals surface area contributed by atoms with Gasteiger partial charge in [0.15, 0.2) is 16.0 Å². The molecule has 0 aromatic heterocycles. The van der Waals surface area contributed by atoms with Gasteiger partial charge in [-0.15, -0.1) is 14.7 Å². The molecule has 0 saturated heterocycles. The third-order valence-electron chi connectivity index (χ3n) is 0. The summed E-state index contributed by atoms with van der Waals surface area (Å²) in [4.78, 5) is 24.3. The molecule has 0 rings (SSSR count). The molecule has 0 fully saturated rings. The Morgan fingerprint density at radius 2 is 0.818 bits per heavy atom. The fourth-order valence-corrected chi connectivity index (χ4v) is 0. The Bertz CT molecular complexity index is 54.6. The molecule has 11 heteroatoms. The lowest BCUT2D eigenvalue weighted by atomic mass is 13.4. The van der Waals surface area contributed by atoms with Crippen LogP contribution in [0, 0.1) is 14.7 Å². The second-order valence-electron chi connectivity index (χ2n) is 0.245. The van der Waals surface area contributed by atoms with Gasteiger partial charge in [0.2, 0.25) is 0 Å². The first-order chi connectivity index (χ1) is 5.24. The van der Waals surface area contributed by atoms with Crippen LogP contribution in [0.5, 0.6) is 0 Å². The van der Waals surface area contributed by atoms with Crippen molar-refractivity contribution in [3.05, 3.63) is 14.7 Å². The Kier molecular flexibility index (Phi) is 365. The third kappa shape index (κ3) is 234. The summed E-state index contributed by atoms with van der Waals surface area (Å²) in [6.45, 7) is 0. The van der Waals surface area contributed by atoms with Crippen molar-refractivity contribution >= 4 is 20.6 Å². The highest BCUT2D eigenvalue weighted by atomic mass is 35.6. The minimum absolute atomic E-state index is 0.778. The molecule has 0 aromatic carbocycles. The van der Waals surface area contributed by atoms with E-state index < -0.39 is 0 Å². The molecule has 0 unspecified atom stereocenters. The Hall–Kier alpha value is -1.29. The van der Waals surface area contributed by atoms with Gasteiger partial charge in [0, 0.05) is 0 Å². The van der Waals surface area contributed by atoms with Crippen LogP contribution in [0.3, 0.4) is 0 Å². The normalized spacial score (nSPS) is 4.09. The van der Waals surface area contributed by atoms with E-state index in [4.69, 9.17) is 41.4 Å². The van der Waals surface area contributed by atoms with Crippen LogP contribution in [0.1, 0.15) is 0 Å². The molecule has 0 aromatic rings. The monoisotopic (exact) mass is 207 g/mol. The highest BCUT2D eigenvalue weighted by molar-refractivity contribution is 6.80. The summed E-state index contributed by atoms with van der Waals surface area (Å²) >= 11 is 4.78. The minimum Gasteiger partial charge on any atom is -0.379 e. The van der Waals surface area contributed by atoms with E-state index >= 15 is 0 Å². The molecular formula is H6ClN3O6Si. The molecule has 0 aliphatic carbocycles. The molecule has 3 N–H and O–H groups in total. The zero-order valence-electron chi connectivity index (χ0n) is 5.29. The molecule has 0 aliphatic rings. The lowest BCUT2D eigenvalue weighted by molar-refractivity contribution is 0.312. The SMILES string of the molecule is O=NO.O=NO.O=NO.[SiH3]Cl. The average Bonchev–Trinajstić information content (AvgIpc) is 1.96. The van der Waals surface area contributed by atoms with E-state index in [0.29, 0.717) is 0 Å². The molecule has 0 radical (unpaired) electrons. The second-order valence-corrected chi connectivity index (χ2v) is 0.245. The van der Waals surface area contributed by atoms with Crippen molar-refractivity contribution in [1.82, 2.24) is 0 Å². The van der Waals surface area contributed by atoms with Gasteiger partial charge in [0.05, 0.1) is 0 Å². The molecule has 0 atom stereocenters. The second kappa shape index (κ2) is 178. The van der Waals surface area contributed by atoms with Gasteiger partial charge in [-0.3, -0.25) is 0 Å². The first-order valence-electron chi connectivity index (χ1n) is 1.53. The van der Waals surface area contributed by atoms with Crippen molar-refractivity contribution < 1.29 is 15.6 Å². The summed E-state index contributed by atoms with van der Waals surface area (Å²) < 4.78 is 0. The van der Waals surface area contributed by atoms with Crippen molar-refractivity contribution in [2.24, 2.45) is 16.0 Å². The first-order valence-corrected chi connectivity index (χ1v) is 4.55. The Labute approximate surface area is 67.9 Å². The summed E-state index contributed by atoms with van der Waals surface area (Å²) in [7, 11) is 0.778. The van der Waals surface area contributed by atoms with Crippen LogP contribution in [0.25, 0.3) is 0 Å². The molecule has 11 heavy (non-hydrogen) atoms. The predicted molar refractivity (Wildman–Crippen MR) is 38.5 cm³/mol. The number of nitrogens with zero attached hydrogens (tertiary/aromatic N) is 3. The molecule has 68 valence electrons. The Balaban J connectivity index is -0.0000000301. The molecule has 0 aliphatic heterocycles. The van der Waals surface area contributed by atoms with Crippen LogP contribution >= 0.6 is 11.1 Å². The Morgan fingerprint density at radius 3 is 0.818 bits per heavy atom. The largest absolute Gasteiger partial charge is 0.379 e. The van der Waals surface area contributed by atoms with Crippen molar-refractivity contribution in [3.8, 4) is 0 Å². The number of hydrogen-bond donors (Lipinski definition) is 3. The minimum atomic E-state index is 0.778. The van der Waals surface area contributed by atoms with E-state index in [1.807, 2.05) is 0 Å². The summed E-state index contributed by atoms with van der Waals surface area (Å²) in [6, 6.07) is 0. The predicted octanol–water partition coefficient (Wildman–Crippen LogP) is -0.0684. The van der Waals surface area contributed by atoms with Crippen LogP contribution in [-0.4, -0.2) is 25.2 Å². The van der Waals surface area contributed by atoms with Crippen LogP contribution in [0.4, 0.5) is 0 Å². The maximum Gasteiger partial charge on any atom is 0.152 e. The zero-order valence-corrected chi connectivity index (χ0v) is 8.04. The van der Waals surface area contributed by atoms with E-state index in [0.717, 1.165) is 9.55 Å². The highest BCUT2D eigenvalue weighted by Gasteiger charge is 1.19. The summed E-state index contributed by atoms with van der Waals surface area (Å²) in [5.74, 6) is 0. The van der Waals surface area contributed by atoms with Crippen molar-refractivity contribution in [3.63, 3.8) is 0 Å². The molecule has 0 bridgehead atoms. The zero-order chi connectivity index (χ0) is 10.1. The number of rotatable bonds is 0. The molecule has 0 heterocycles. The van der Waals surface area contributed by atoms with E-state index in [9.17, 15) is 0 Å². The molecule has 9 nitrogen and oxygen atoms in total. The van der Waals surface area contributed by atoms with Gasteiger partial charge in [-0.2, -0.15) is 11.1 Å². The quantitative estimate of drug-likeness (QED) is 0.219. The third-order valence-corrected chi connectivity index (χ3v) is 0. The summed E-state index contributed by atoms with van der Waals surface area (Å²) in [5, 5.41) is 23.7.